The summed E-state index contributed by atoms with van der Waals surface area (Å²) in [5.41, 5.74) is 1.18. The summed E-state index contributed by atoms with van der Waals surface area (Å²) in [4.78, 5) is 0. The second kappa shape index (κ2) is 4.44. The number of hydrogen-bond acceptors (Lipinski definition) is 1. The average molecular weight is 290 g/mol. The lowest BCUT2D eigenvalue weighted by atomic mass is 9.61. The molecule has 1 nitrogen and oxygen atoms in total. The maximum Gasteiger partial charge on any atom is 0.0733 e. The first-order valence-corrected chi connectivity index (χ1v) is 6.69. The molecule has 0 unspecified atom stereocenters. The molecule has 0 heterocycles. The fourth-order valence-corrected chi connectivity index (χ4v) is 3.05. The second-order valence-electron chi connectivity index (χ2n) is 4.19. The highest BCUT2D eigenvalue weighted by molar-refractivity contribution is 9.09. The summed E-state index contributed by atoms with van der Waals surface area (Å²) in [5.74, 6) is 0. The molecule has 1 fully saturated rings. The van der Waals surface area contributed by atoms with E-state index in [1.165, 1.54) is 12.0 Å². The maximum atomic E-state index is 10.1. The van der Waals surface area contributed by atoms with Gasteiger partial charge in [-0.2, -0.15) is 0 Å². The molecule has 1 aliphatic rings. The van der Waals surface area contributed by atoms with Gasteiger partial charge in [0.25, 0.3) is 0 Å². The molecule has 0 saturated heterocycles. The SMILES string of the molecule is O[C@H](CBr)C1(c2ccc(Cl)cc2)CCC1. The van der Waals surface area contributed by atoms with Crippen LogP contribution in [0.5, 0.6) is 0 Å². The smallest absolute Gasteiger partial charge is 0.0733 e. The van der Waals surface area contributed by atoms with Crippen LogP contribution in [-0.4, -0.2) is 16.5 Å². The van der Waals surface area contributed by atoms with E-state index in [2.05, 4.69) is 15.9 Å². The molecule has 0 aromatic heterocycles. The number of halogens is 2. The molecular formula is C12H14BrClO. The molecule has 0 radical (unpaired) electrons. The molecule has 3 heteroatoms. The lowest BCUT2D eigenvalue weighted by molar-refractivity contribution is 0.0463. The molecule has 1 aliphatic carbocycles. The van der Waals surface area contributed by atoms with Crippen LogP contribution < -0.4 is 0 Å². The van der Waals surface area contributed by atoms with Gasteiger partial charge in [0.2, 0.25) is 0 Å². The van der Waals surface area contributed by atoms with Gasteiger partial charge in [-0.05, 0) is 30.5 Å². The minimum absolute atomic E-state index is 0.0336. The van der Waals surface area contributed by atoms with Crippen molar-refractivity contribution in [2.24, 2.45) is 0 Å². The van der Waals surface area contributed by atoms with E-state index in [0.717, 1.165) is 17.9 Å². The largest absolute Gasteiger partial charge is 0.391 e. The predicted octanol–water partition coefficient (Wildman–Crippen LogP) is 3.52. The first-order valence-electron chi connectivity index (χ1n) is 5.19. The van der Waals surface area contributed by atoms with Gasteiger partial charge in [0.05, 0.1) is 6.10 Å². The summed E-state index contributed by atoms with van der Waals surface area (Å²) < 4.78 is 0. The Hall–Kier alpha value is -0.0500. The summed E-state index contributed by atoms with van der Waals surface area (Å²) in [6.07, 6.45) is 3.04. The highest BCUT2D eigenvalue weighted by atomic mass is 79.9. The molecule has 0 bridgehead atoms. The van der Waals surface area contributed by atoms with Crippen LogP contribution in [0, 0.1) is 0 Å². The molecule has 0 aliphatic heterocycles. The van der Waals surface area contributed by atoms with Gasteiger partial charge in [-0.1, -0.05) is 46.1 Å². The summed E-state index contributed by atoms with van der Waals surface area (Å²) in [7, 11) is 0. The number of rotatable bonds is 3. The first-order chi connectivity index (χ1) is 7.19. The number of hydrogen-bond donors (Lipinski definition) is 1. The van der Waals surface area contributed by atoms with E-state index in [1.807, 2.05) is 24.3 Å². The lowest BCUT2D eigenvalue weighted by Gasteiger charge is -2.45. The Morgan fingerprint density at radius 1 is 1.33 bits per heavy atom. The molecule has 1 aromatic carbocycles. The van der Waals surface area contributed by atoms with Crippen molar-refractivity contribution in [2.75, 3.05) is 5.33 Å². The van der Waals surface area contributed by atoms with Gasteiger partial charge in [0.1, 0.15) is 0 Å². The summed E-state index contributed by atoms with van der Waals surface area (Å²) in [6.45, 7) is 0. The Morgan fingerprint density at radius 2 is 1.93 bits per heavy atom. The van der Waals surface area contributed by atoms with Crippen LogP contribution >= 0.6 is 27.5 Å². The van der Waals surface area contributed by atoms with Crippen LogP contribution in [0.2, 0.25) is 5.02 Å². The molecule has 15 heavy (non-hydrogen) atoms. The second-order valence-corrected chi connectivity index (χ2v) is 5.27. The monoisotopic (exact) mass is 288 g/mol. The van der Waals surface area contributed by atoms with Gasteiger partial charge in [-0.3, -0.25) is 0 Å². The van der Waals surface area contributed by atoms with Crippen molar-refractivity contribution in [3.05, 3.63) is 34.9 Å². The van der Waals surface area contributed by atoms with Crippen molar-refractivity contribution < 1.29 is 5.11 Å². The van der Waals surface area contributed by atoms with E-state index in [4.69, 9.17) is 11.6 Å². The van der Waals surface area contributed by atoms with E-state index in [0.29, 0.717) is 5.33 Å². The minimum atomic E-state index is -0.299. The molecule has 82 valence electrons. The van der Waals surface area contributed by atoms with E-state index < -0.39 is 0 Å². The standard InChI is InChI=1S/C12H14BrClO/c13-8-11(15)12(6-1-7-12)9-2-4-10(14)5-3-9/h2-5,11,15H,1,6-8H2/t11-/m1/s1. The van der Waals surface area contributed by atoms with Crippen LogP contribution in [-0.2, 0) is 5.41 Å². The fourth-order valence-electron chi connectivity index (χ4n) is 2.30. The molecule has 1 atom stereocenters. The topological polar surface area (TPSA) is 20.2 Å². The van der Waals surface area contributed by atoms with Crippen molar-refractivity contribution in [3.63, 3.8) is 0 Å². The summed E-state index contributed by atoms with van der Waals surface area (Å²) >= 11 is 9.23. The third-order valence-electron chi connectivity index (χ3n) is 3.45. The van der Waals surface area contributed by atoms with Crippen molar-refractivity contribution >= 4 is 27.5 Å². The highest BCUT2D eigenvalue weighted by Crippen LogP contribution is 2.47. The van der Waals surface area contributed by atoms with E-state index in [-0.39, 0.29) is 11.5 Å². The normalized spacial score (nSPS) is 20.7. The van der Waals surface area contributed by atoms with Gasteiger partial charge < -0.3 is 5.11 Å². The van der Waals surface area contributed by atoms with E-state index >= 15 is 0 Å². The number of aliphatic hydroxyl groups is 1. The van der Waals surface area contributed by atoms with Crippen LogP contribution in [0.15, 0.2) is 24.3 Å². The molecule has 0 spiro atoms. The molecule has 1 N–H and O–H groups in total. The molecule has 0 amide bonds. The first kappa shape index (κ1) is 11.4. The Labute approximate surface area is 104 Å². The van der Waals surface area contributed by atoms with Crippen molar-refractivity contribution in [3.8, 4) is 0 Å². The molecule has 1 aromatic rings. The van der Waals surface area contributed by atoms with Gasteiger partial charge in [-0.15, -0.1) is 0 Å². The van der Waals surface area contributed by atoms with Gasteiger partial charge >= 0.3 is 0 Å². The van der Waals surface area contributed by atoms with Crippen molar-refractivity contribution in [1.29, 1.82) is 0 Å². The molecule has 2 rings (SSSR count). The Morgan fingerprint density at radius 3 is 2.33 bits per heavy atom. The minimum Gasteiger partial charge on any atom is -0.391 e. The van der Waals surface area contributed by atoms with Crippen molar-refractivity contribution in [1.82, 2.24) is 0 Å². The van der Waals surface area contributed by atoms with Gasteiger partial charge in [0.15, 0.2) is 0 Å². The van der Waals surface area contributed by atoms with E-state index in [1.54, 1.807) is 0 Å². The van der Waals surface area contributed by atoms with Crippen LogP contribution in [0.1, 0.15) is 24.8 Å². The van der Waals surface area contributed by atoms with Crippen LogP contribution in [0.4, 0.5) is 0 Å². The number of aliphatic hydroxyl groups excluding tert-OH is 1. The van der Waals surface area contributed by atoms with Crippen LogP contribution in [0.3, 0.4) is 0 Å². The summed E-state index contributed by atoms with van der Waals surface area (Å²) in [5, 5.41) is 11.5. The van der Waals surface area contributed by atoms with Crippen molar-refractivity contribution in [2.45, 2.75) is 30.8 Å². The van der Waals surface area contributed by atoms with Gasteiger partial charge in [-0.25, -0.2) is 0 Å². The summed E-state index contributed by atoms with van der Waals surface area (Å²) in [6, 6.07) is 7.87. The highest BCUT2D eigenvalue weighted by Gasteiger charge is 2.44. The van der Waals surface area contributed by atoms with E-state index in [9.17, 15) is 5.11 Å². The fraction of sp³-hybridized carbons (Fsp3) is 0.500. The Balaban J connectivity index is 2.30. The zero-order chi connectivity index (χ0) is 10.9. The molecule has 1 saturated carbocycles. The third-order valence-corrected chi connectivity index (χ3v) is 4.31. The third kappa shape index (κ3) is 1.95. The van der Waals surface area contributed by atoms with Gasteiger partial charge in [0, 0.05) is 15.8 Å². The zero-order valence-corrected chi connectivity index (χ0v) is 10.8. The number of alkyl halides is 1. The molecular weight excluding hydrogens is 275 g/mol. The lowest BCUT2D eigenvalue weighted by Crippen LogP contribution is -2.46. The maximum absolute atomic E-state index is 10.1. The predicted molar refractivity (Wildman–Crippen MR) is 66.8 cm³/mol. The zero-order valence-electron chi connectivity index (χ0n) is 8.42. The average Bonchev–Trinajstić information content (AvgIpc) is 2.19. The number of benzene rings is 1. The Kier molecular flexibility index (Phi) is 3.39. The Bertz CT molecular complexity index is 332. The quantitative estimate of drug-likeness (QED) is 0.844. The van der Waals surface area contributed by atoms with Crippen LogP contribution in [0.25, 0.3) is 0 Å².